The van der Waals surface area contributed by atoms with Gasteiger partial charge >= 0.3 is 0 Å². The first-order chi connectivity index (χ1) is 24.2. The van der Waals surface area contributed by atoms with Gasteiger partial charge in [0.25, 0.3) is 6.34 Å². The Balaban J connectivity index is 0.973. The quantitative estimate of drug-likeness (QED) is 0.183. The minimum atomic E-state index is -0.469. The molecule has 1 spiro atoms. The molecule has 2 fully saturated rings. The zero-order chi connectivity index (χ0) is 34.8. The Bertz CT molecular complexity index is 2000. The molecule has 0 saturated carbocycles. The maximum Gasteiger partial charge on any atom is 0.281 e. The van der Waals surface area contributed by atoms with Crippen LogP contribution in [0.5, 0.6) is 5.88 Å². The Morgan fingerprint density at radius 1 is 1.10 bits per heavy atom. The average molecular weight is 675 g/mol. The second kappa shape index (κ2) is 13.9. The molecule has 0 radical (unpaired) electrons. The molecule has 2 aromatic heterocycles. The lowest BCUT2D eigenvalue weighted by Crippen LogP contribution is -2.62. The van der Waals surface area contributed by atoms with Crippen LogP contribution in [0.4, 0.5) is 5.69 Å². The summed E-state index contributed by atoms with van der Waals surface area (Å²) in [6, 6.07) is 17.9. The van der Waals surface area contributed by atoms with Crippen LogP contribution in [-0.4, -0.2) is 101 Å². The third kappa shape index (κ3) is 6.62. The lowest BCUT2D eigenvalue weighted by Gasteiger charge is -2.29. The van der Waals surface area contributed by atoms with Gasteiger partial charge in [-0.25, -0.2) is 4.98 Å². The normalized spacial score (nSPS) is 20.2. The van der Waals surface area contributed by atoms with Gasteiger partial charge in [0.2, 0.25) is 23.5 Å². The van der Waals surface area contributed by atoms with Crippen molar-refractivity contribution in [3.63, 3.8) is 0 Å². The Kier molecular flexibility index (Phi) is 9.20. The van der Waals surface area contributed by atoms with Crippen LogP contribution in [0.3, 0.4) is 0 Å². The fraction of sp³-hybridized carbons (Fsp3) is 0.368. The van der Waals surface area contributed by atoms with E-state index < -0.39 is 5.41 Å². The van der Waals surface area contributed by atoms with Crippen molar-refractivity contribution in [3.8, 4) is 17.1 Å². The molecule has 1 atom stereocenters. The number of nitrogens with zero attached hydrogens (tertiary/aromatic N) is 6. The van der Waals surface area contributed by atoms with Gasteiger partial charge in [-0.15, -0.1) is 0 Å². The van der Waals surface area contributed by atoms with Crippen molar-refractivity contribution >= 4 is 46.2 Å². The standard InChI is InChI=1S/C38H43N9O3/c1-25(2)50-33-20-29(10-15-41-33)35-31-21-30(8-9-32(31)43-44-35)47-19-14-38(37(47)49)13-18-45(23-38)22-34(48)46-16-11-27(12-17-46)26-4-6-28(7-5-26)36(39)42-24-40-3/h4-11,15,20-21,24-25H,12-14,16-19,22-23H2,1-3H3,(H,43,44)(H2,39,40,42)/p+1/t38-/m0/s1. The number of anilines is 1. The molecule has 2 amide bonds. The first-order valence-electron chi connectivity index (χ1n) is 17.3. The molecular formula is C38H44N9O3+. The molecule has 0 bridgehead atoms. The Morgan fingerprint density at radius 2 is 1.92 bits per heavy atom. The van der Waals surface area contributed by atoms with Crippen molar-refractivity contribution in [2.24, 2.45) is 16.1 Å². The van der Waals surface area contributed by atoms with E-state index >= 15 is 0 Å². The van der Waals surface area contributed by atoms with Gasteiger partial charge < -0.3 is 20.3 Å². The molecule has 4 N–H and O–H groups in total. The van der Waals surface area contributed by atoms with Crippen LogP contribution in [0.1, 0.15) is 44.2 Å². The van der Waals surface area contributed by atoms with Crippen molar-refractivity contribution in [2.75, 3.05) is 51.2 Å². The number of aliphatic imine (C=N–C) groups is 1. The van der Waals surface area contributed by atoms with Gasteiger partial charge in [0.05, 0.1) is 30.6 Å². The smallest absolute Gasteiger partial charge is 0.281 e. The largest absolute Gasteiger partial charge is 0.475 e. The summed E-state index contributed by atoms with van der Waals surface area (Å²) in [7, 11) is 1.78. The van der Waals surface area contributed by atoms with E-state index in [2.05, 4.69) is 48.3 Å². The highest BCUT2D eigenvalue weighted by atomic mass is 16.5. The second-order valence-electron chi connectivity index (χ2n) is 13.6. The van der Waals surface area contributed by atoms with E-state index in [1.807, 2.05) is 66.1 Å². The van der Waals surface area contributed by atoms with Crippen molar-refractivity contribution in [2.45, 2.75) is 39.2 Å². The van der Waals surface area contributed by atoms with E-state index in [1.54, 1.807) is 19.6 Å². The van der Waals surface area contributed by atoms with Crippen molar-refractivity contribution < 1.29 is 19.3 Å². The number of benzene rings is 2. The molecule has 7 rings (SSSR count). The van der Waals surface area contributed by atoms with Gasteiger partial charge in [-0.05, 0) is 92.2 Å². The fourth-order valence-electron chi connectivity index (χ4n) is 7.30. The highest BCUT2D eigenvalue weighted by Crippen LogP contribution is 2.43. The van der Waals surface area contributed by atoms with E-state index in [9.17, 15) is 9.59 Å². The van der Waals surface area contributed by atoms with Crippen LogP contribution in [0.15, 0.2) is 71.9 Å². The molecule has 2 saturated heterocycles. The second-order valence-corrected chi connectivity index (χ2v) is 13.6. The Labute approximate surface area is 291 Å². The minimum Gasteiger partial charge on any atom is -0.475 e. The monoisotopic (exact) mass is 674 g/mol. The first-order valence-corrected chi connectivity index (χ1v) is 17.3. The number of likely N-dealkylation sites (tertiary alicyclic amines) is 1. The number of fused-ring (bicyclic) bond motifs is 1. The number of hydrogen-bond donors (Lipinski definition) is 3. The number of ether oxygens (including phenoxy) is 1. The van der Waals surface area contributed by atoms with Crippen molar-refractivity contribution in [3.05, 3.63) is 78.0 Å². The predicted octanol–water partition coefficient (Wildman–Crippen LogP) is 2.60. The molecular weight excluding hydrogens is 630 g/mol. The number of nitrogens with two attached hydrogens (primary N) is 1. The molecule has 258 valence electrons. The van der Waals surface area contributed by atoms with Crippen molar-refractivity contribution in [1.82, 2.24) is 25.0 Å². The highest BCUT2D eigenvalue weighted by molar-refractivity contribution is 6.03. The van der Waals surface area contributed by atoms with E-state index in [0.717, 1.165) is 64.8 Å². The van der Waals surface area contributed by atoms with Gasteiger partial charge in [0, 0.05) is 60.6 Å². The molecule has 5 heterocycles. The molecule has 0 aliphatic carbocycles. The number of rotatable bonds is 9. The predicted molar refractivity (Wildman–Crippen MR) is 195 cm³/mol. The van der Waals surface area contributed by atoms with Gasteiger partial charge in [-0.2, -0.15) is 5.10 Å². The van der Waals surface area contributed by atoms with Crippen LogP contribution in [0, 0.1) is 5.41 Å². The third-order valence-corrected chi connectivity index (χ3v) is 9.97. The summed E-state index contributed by atoms with van der Waals surface area (Å²) in [5.41, 5.74) is 12.2. The van der Waals surface area contributed by atoms with E-state index in [1.165, 1.54) is 5.57 Å². The SMILES string of the molecule is C[NH+]=CN=C(N)c1ccc(C2=CCN(C(=O)CN3CC[C@]4(CCN(c5ccc6[nH]nc(-c7ccnc(OC(C)C)c7)c6c5)C4=O)C3)CC2)cc1. The summed E-state index contributed by atoms with van der Waals surface area (Å²) in [4.78, 5) is 44.8. The van der Waals surface area contributed by atoms with Gasteiger partial charge in [0.1, 0.15) is 5.69 Å². The number of amidine groups is 1. The Morgan fingerprint density at radius 3 is 2.68 bits per heavy atom. The molecule has 12 nitrogen and oxygen atoms in total. The number of pyridine rings is 1. The van der Waals surface area contributed by atoms with Gasteiger partial charge in [0.15, 0.2) is 0 Å². The lowest BCUT2D eigenvalue weighted by atomic mass is 9.85. The van der Waals surface area contributed by atoms with E-state index in [4.69, 9.17) is 10.5 Å². The van der Waals surface area contributed by atoms with E-state index in [-0.39, 0.29) is 17.9 Å². The molecule has 2 aromatic carbocycles. The summed E-state index contributed by atoms with van der Waals surface area (Å²) < 4.78 is 5.80. The average Bonchev–Trinajstić information content (AvgIpc) is 3.83. The topological polar surface area (TPSA) is 147 Å². The number of hydrogen-bond acceptors (Lipinski definition) is 6. The van der Waals surface area contributed by atoms with Gasteiger partial charge in [-0.3, -0.25) is 24.6 Å². The zero-order valence-electron chi connectivity index (χ0n) is 28.9. The van der Waals surface area contributed by atoms with Crippen LogP contribution >= 0.6 is 0 Å². The molecule has 4 aromatic rings. The lowest BCUT2D eigenvalue weighted by molar-refractivity contribution is -0.414. The maximum atomic E-state index is 14.0. The third-order valence-electron chi connectivity index (χ3n) is 9.97. The number of nitrogens with one attached hydrogen (secondary N) is 2. The number of amides is 2. The molecule has 0 unspecified atom stereocenters. The van der Waals surface area contributed by atoms with Crippen LogP contribution in [-0.2, 0) is 9.59 Å². The van der Waals surface area contributed by atoms with Crippen LogP contribution in [0.2, 0.25) is 0 Å². The van der Waals surface area contributed by atoms with Crippen LogP contribution in [0.25, 0.3) is 27.7 Å². The number of aromatic nitrogens is 3. The zero-order valence-corrected chi connectivity index (χ0v) is 28.9. The van der Waals surface area contributed by atoms with Gasteiger partial charge in [-0.1, -0.05) is 18.2 Å². The number of H-pyrrole nitrogens is 1. The highest BCUT2D eigenvalue weighted by Gasteiger charge is 2.51. The minimum absolute atomic E-state index is 0.0122. The maximum absolute atomic E-state index is 14.0. The summed E-state index contributed by atoms with van der Waals surface area (Å²) in [6.45, 7) is 7.49. The summed E-state index contributed by atoms with van der Waals surface area (Å²) >= 11 is 0. The fourth-order valence-corrected chi connectivity index (χ4v) is 7.30. The Hall–Kier alpha value is -5.36. The molecule has 3 aliphatic heterocycles. The summed E-state index contributed by atoms with van der Waals surface area (Å²) in [5, 5.41) is 8.65. The molecule has 12 heteroatoms. The molecule has 3 aliphatic rings. The number of aromatic amines is 1. The number of carbonyl (C=O) groups is 2. The summed E-state index contributed by atoms with van der Waals surface area (Å²) in [6.07, 6.45) is 7.75. The van der Waals surface area contributed by atoms with Crippen molar-refractivity contribution in [1.29, 1.82) is 0 Å². The van der Waals surface area contributed by atoms with E-state index in [0.29, 0.717) is 44.4 Å². The molecule has 50 heavy (non-hydrogen) atoms. The number of carbonyl (C=O) groups excluding carboxylic acids is 2. The summed E-state index contributed by atoms with van der Waals surface area (Å²) in [5.74, 6) is 1.24. The van der Waals surface area contributed by atoms with Crippen LogP contribution < -0.4 is 20.4 Å². The first kappa shape index (κ1) is 33.2.